The van der Waals surface area contributed by atoms with Gasteiger partial charge in [-0.2, -0.15) is 5.10 Å². The maximum Gasteiger partial charge on any atom is 0.169 e. The van der Waals surface area contributed by atoms with Crippen molar-refractivity contribution < 1.29 is 0 Å². The zero-order valence-electron chi connectivity index (χ0n) is 12.0. The molecule has 7 nitrogen and oxygen atoms in total. The molecule has 0 aliphatic heterocycles. The average molecular weight is 273 g/mol. The van der Waals surface area contributed by atoms with Crippen molar-refractivity contribution in [2.45, 2.75) is 32.2 Å². The summed E-state index contributed by atoms with van der Waals surface area (Å²) in [5.74, 6) is 3.95. The average Bonchev–Trinajstić information content (AvgIpc) is 3.21. The Kier molecular flexibility index (Phi) is 3.25. The van der Waals surface area contributed by atoms with Crippen LogP contribution in [0.4, 0.5) is 11.6 Å². The highest BCUT2D eigenvalue weighted by Crippen LogP contribution is 2.39. The normalized spacial score (nSPS) is 14.3. The van der Waals surface area contributed by atoms with Gasteiger partial charge in [-0.05, 0) is 19.8 Å². The van der Waals surface area contributed by atoms with E-state index in [1.807, 2.05) is 21.0 Å². The molecule has 1 fully saturated rings. The predicted octanol–water partition coefficient (Wildman–Crippen LogP) is 1.44. The van der Waals surface area contributed by atoms with Gasteiger partial charge in [-0.15, -0.1) is 0 Å². The summed E-state index contributed by atoms with van der Waals surface area (Å²) in [5.41, 5.74) is 1.02. The number of hydrogen-bond acceptors (Lipinski definition) is 6. The van der Waals surface area contributed by atoms with E-state index in [2.05, 4.69) is 30.7 Å². The lowest BCUT2D eigenvalue weighted by Gasteiger charge is -2.12. The molecule has 2 heterocycles. The summed E-state index contributed by atoms with van der Waals surface area (Å²) in [4.78, 5) is 13.4. The molecular weight excluding hydrogens is 254 g/mol. The molecule has 0 atom stereocenters. The Labute approximate surface area is 117 Å². The first-order chi connectivity index (χ1) is 9.67. The van der Waals surface area contributed by atoms with Gasteiger partial charge in [0.05, 0.1) is 6.54 Å². The van der Waals surface area contributed by atoms with Crippen LogP contribution in [0.25, 0.3) is 0 Å². The van der Waals surface area contributed by atoms with E-state index < -0.39 is 0 Å². The van der Waals surface area contributed by atoms with Gasteiger partial charge in [-0.25, -0.2) is 15.0 Å². The van der Waals surface area contributed by atoms with Crippen LogP contribution in [0.15, 0.2) is 6.33 Å². The van der Waals surface area contributed by atoms with Crippen molar-refractivity contribution in [3.05, 3.63) is 23.5 Å². The third-order valence-electron chi connectivity index (χ3n) is 3.40. The smallest absolute Gasteiger partial charge is 0.169 e. The van der Waals surface area contributed by atoms with E-state index in [1.165, 1.54) is 12.8 Å². The zero-order valence-corrected chi connectivity index (χ0v) is 12.0. The largest absolute Gasteiger partial charge is 0.373 e. The molecule has 1 saturated carbocycles. The van der Waals surface area contributed by atoms with Crippen molar-refractivity contribution in [1.82, 2.24) is 24.7 Å². The maximum absolute atomic E-state index is 4.64. The number of aromatic nitrogens is 5. The van der Waals surface area contributed by atoms with Crippen molar-refractivity contribution in [3.63, 3.8) is 0 Å². The van der Waals surface area contributed by atoms with Crippen molar-refractivity contribution in [1.29, 1.82) is 0 Å². The Balaban J connectivity index is 1.81. The van der Waals surface area contributed by atoms with Crippen LogP contribution in [0, 0.1) is 6.92 Å². The summed E-state index contributed by atoms with van der Waals surface area (Å²) in [6.45, 7) is 2.57. The quantitative estimate of drug-likeness (QED) is 0.858. The van der Waals surface area contributed by atoms with E-state index in [9.17, 15) is 0 Å². The molecule has 20 heavy (non-hydrogen) atoms. The van der Waals surface area contributed by atoms with Gasteiger partial charge in [-0.3, -0.25) is 4.68 Å². The second-order valence-corrected chi connectivity index (χ2v) is 5.12. The number of hydrogen-bond donors (Lipinski definition) is 2. The van der Waals surface area contributed by atoms with Crippen LogP contribution in [0.2, 0.25) is 0 Å². The Morgan fingerprint density at radius 3 is 2.65 bits per heavy atom. The molecule has 0 saturated heterocycles. The Morgan fingerprint density at radius 1 is 1.30 bits per heavy atom. The van der Waals surface area contributed by atoms with E-state index >= 15 is 0 Å². The predicted molar refractivity (Wildman–Crippen MR) is 76.6 cm³/mol. The molecule has 0 unspecified atom stereocenters. The summed E-state index contributed by atoms with van der Waals surface area (Å²) in [6.07, 6.45) is 4.07. The SMILES string of the molecule is CNc1nc(C2CC2)nc(NCc2ncn(C)n2)c1C. The summed E-state index contributed by atoms with van der Waals surface area (Å²) in [7, 11) is 3.74. The van der Waals surface area contributed by atoms with Crippen molar-refractivity contribution in [2.75, 3.05) is 17.7 Å². The number of anilines is 2. The molecule has 7 heteroatoms. The van der Waals surface area contributed by atoms with Crippen LogP contribution in [0.5, 0.6) is 0 Å². The van der Waals surface area contributed by atoms with Gasteiger partial charge in [-0.1, -0.05) is 0 Å². The topological polar surface area (TPSA) is 80.5 Å². The minimum absolute atomic E-state index is 0.524. The number of aryl methyl sites for hydroxylation is 1. The fourth-order valence-corrected chi connectivity index (χ4v) is 2.10. The van der Waals surface area contributed by atoms with Crippen LogP contribution in [-0.2, 0) is 13.6 Å². The standard InChI is InChI=1S/C13H19N7/c1-8-11(14-2)17-13(9-4-5-9)18-12(8)15-6-10-16-7-20(3)19-10/h7,9H,4-6H2,1-3H3,(H2,14,15,17,18). The van der Waals surface area contributed by atoms with Crippen LogP contribution < -0.4 is 10.6 Å². The molecule has 2 aromatic rings. The highest BCUT2D eigenvalue weighted by molar-refractivity contribution is 5.57. The molecule has 2 N–H and O–H groups in total. The van der Waals surface area contributed by atoms with Gasteiger partial charge in [0.25, 0.3) is 0 Å². The van der Waals surface area contributed by atoms with Gasteiger partial charge in [0.1, 0.15) is 23.8 Å². The molecule has 0 amide bonds. The van der Waals surface area contributed by atoms with Crippen LogP contribution in [-0.4, -0.2) is 31.8 Å². The van der Waals surface area contributed by atoms with Crippen molar-refractivity contribution in [2.24, 2.45) is 7.05 Å². The fraction of sp³-hybridized carbons (Fsp3) is 0.538. The third kappa shape index (κ3) is 2.56. The van der Waals surface area contributed by atoms with Crippen LogP contribution in [0.3, 0.4) is 0 Å². The first kappa shape index (κ1) is 12.8. The first-order valence-corrected chi connectivity index (χ1v) is 6.82. The monoisotopic (exact) mass is 273 g/mol. The van der Waals surface area contributed by atoms with E-state index in [0.29, 0.717) is 12.5 Å². The third-order valence-corrected chi connectivity index (χ3v) is 3.40. The first-order valence-electron chi connectivity index (χ1n) is 6.82. The molecule has 0 bridgehead atoms. The molecule has 3 rings (SSSR count). The van der Waals surface area contributed by atoms with Gasteiger partial charge in [0, 0.05) is 25.6 Å². The van der Waals surface area contributed by atoms with Crippen molar-refractivity contribution >= 4 is 11.6 Å². The minimum Gasteiger partial charge on any atom is -0.373 e. The number of nitrogens with zero attached hydrogens (tertiary/aromatic N) is 5. The fourth-order valence-electron chi connectivity index (χ4n) is 2.10. The molecule has 1 aliphatic carbocycles. The highest BCUT2D eigenvalue weighted by atomic mass is 15.3. The molecule has 106 valence electrons. The number of nitrogens with one attached hydrogen (secondary N) is 2. The summed E-state index contributed by atoms with van der Waals surface area (Å²) in [6, 6.07) is 0. The highest BCUT2D eigenvalue weighted by Gasteiger charge is 2.28. The second-order valence-electron chi connectivity index (χ2n) is 5.12. The number of rotatable bonds is 5. The molecule has 0 radical (unpaired) electrons. The lowest BCUT2D eigenvalue weighted by molar-refractivity contribution is 0.746. The molecule has 0 spiro atoms. The van der Waals surface area contributed by atoms with E-state index in [-0.39, 0.29) is 0 Å². The second kappa shape index (κ2) is 5.07. The van der Waals surface area contributed by atoms with Crippen LogP contribution >= 0.6 is 0 Å². The Morgan fingerprint density at radius 2 is 2.05 bits per heavy atom. The van der Waals surface area contributed by atoms with Crippen molar-refractivity contribution in [3.8, 4) is 0 Å². The van der Waals surface area contributed by atoms with Gasteiger partial charge < -0.3 is 10.6 Å². The Bertz CT molecular complexity index is 615. The lowest BCUT2D eigenvalue weighted by Crippen LogP contribution is -2.10. The van der Waals surface area contributed by atoms with Crippen LogP contribution in [0.1, 0.15) is 36.0 Å². The van der Waals surface area contributed by atoms with E-state index in [0.717, 1.165) is 28.8 Å². The zero-order chi connectivity index (χ0) is 14.1. The molecule has 1 aliphatic rings. The van der Waals surface area contributed by atoms with Gasteiger partial charge in [0.2, 0.25) is 0 Å². The molecule has 0 aromatic carbocycles. The van der Waals surface area contributed by atoms with Gasteiger partial charge >= 0.3 is 0 Å². The molecular formula is C13H19N7. The van der Waals surface area contributed by atoms with E-state index in [1.54, 1.807) is 11.0 Å². The summed E-state index contributed by atoms with van der Waals surface area (Å²) >= 11 is 0. The molecule has 2 aromatic heterocycles. The summed E-state index contributed by atoms with van der Waals surface area (Å²) < 4.78 is 1.69. The lowest BCUT2D eigenvalue weighted by atomic mass is 10.2. The van der Waals surface area contributed by atoms with E-state index in [4.69, 9.17) is 0 Å². The minimum atomic E-state index is 0.524. The maximum atomic E-state index is 4.64. The van der Waals surface area contributed by atoms with Gasteiger partial charge in [0.15, 0.2) is 5.82 Å². The summed E-state index contributed by atoms with van der Waals surface area (Å²) in [5, 5.41) is 10.7. The Hall–Kier alpha value is -2.18.